The van der Waals surface area contributed by atoms with E-state index in [4.69, 9.17) is 9.15 Å². The minimum Gasteiger partial charge on any atom is -0.496 e. The van der Waals surface area contributed by atoms with Gasteiger partial charge in [0.1, 0.15) is 11.3 Å². The van der Waals surface area contributed by atoms with Crippen LogP contribution in [0.25, 0.3) is 38.4 Å². The highest BCUT2D eigenvalue weighted by atomic mass is 16.5. The van der Waals surface area contributed by atoms with E-state index < -0.39 is 0 Å². The van der Waals surface area contributed by atoms with E-state index in [0.717, 1.165) is 44.5 Å². The highest BCUT2D eigenvalue weighted by Gasteiger charge is 2.19. The molecular weight excluding hydrogens is 374 g/mol. The van der Waals surface area contributed by atoms with Gasteiger partial charge >= 0.3 is 0 Å². The minimum atomic E-state index is -0.115. The topological polar surface area (TPSA) is 51.5 Å². The summed E-state index contributed by atoms with van der Waals surface area (Å²) < 4.78 is 11.7. The lowest BCUT2D eigenvalue weighted by Gasteiger charge is -2.13. The summed E-state index contributed by atoms with van der Waals surface area (Å²) in [7, 11) is 1.64. The molecule has 0 aliphatic heterocycles. The first-order chi connectivity index (χ1) is 14.5. The van der Waals surface area contributed by atoms with Gasteiger partial charge in [-0.2, -0.15) is 0 Å². The normalized spacial score (nSPS) is 11.8. The molecule has 4 rings (SSSR count). The second kappa shape index (κ2) is 8.07. The fourth-order valence-corrected chi connectivity index (χ4v) is 4.04. The number of furan rings is 1. The molecule has 3 aromatic carbocycles. The molecule has 1 N–H and O–H groups in total. The quantitative estimate of drug-likeness (QED) is 0.412. The molecular formula is C26H25NO3. The molecule has 0 aliphatic rings. The molecule has 152 valence electrons. The second-order valence-electron chi connectivity index (χ2n) is 7.36. The van der Waals surface area contributed by atoms with Crippen molar-refractivity contribution in [2.75, 3.05) is 13.7 Å². The van der Waals surface area contributed by atoms with Crippen molar-refractivity contribution in [1.29, 1.82) is 0 Å². The fraction of sp³-hybridized carbons (Fsp3) is 0.192. The van der Waals surface area contributed by atoms with Gasteiger partial charge in [0, 0.05) is 34.7 Å². The number of likely N-dealkylation sites (N-methyl/N-ethyl adjacent to an activating group) is 1. The number of ether oxygens (including phenoxy) is 1. The van der Waals surface area contributed by atoms with E-state index in [9.17, 15) is 4.79 Å². The maximum Gasteiger partial charge on any atom is 0.244 e. The Hall–Kier alpha value is -3.53. The molecule has 4 heteroatoms. The molecule has 30 heavy (non-hydrogen) atoms. The number of fused-ring (bicyclic) bond motifs is 2. The van der Waals surface area contributed by atoms with Gasteiger partial charge in [0.25, 0.3) is 0 Å². The number of carbonyl (C=O) groups is 1. The molecule has 0 bridgehead atoms. The zero-order valence-corrected chi connectivity index (χ0v) is 17.7. The standard InChI is InChI=1S/C26H25NO3/c1-5-27-24(28)13-16(2)21-14-22-23(15-30-26(22)17(3)25(21)29-4)20-12-8-10-18-9-6-7-11-19(18)20/h6-15H,5H2,1-4H3,(H,27,28)/b16-13+. The number of rotatable bonds is 5. The summed E-state index contributed by atoms with van der Waals surface area (Å²) in [5, 5.41) is 6.17. The third-order valence-electron chi connectivity index (χ3n) is 5.45. The van der Waals surface area contributed by atoms with Crippen LogP contribution < -0.4 is 10.1 Å². The van der Waals surface area contributed by atoms with Gasteiger partial charge in [-0.15, -0.1) is 0 Å². The van der Waals surface area contributed by atoms with E-state index in [1.54, 1.807) is 13.2 Å². The molecule has 0 spiro atoms. The summed E-state index contributed by atoms with van der Waals surface area (Å²) in [4.78, 5) is 12.1. The maximum atomic E-state index is 12.1. The first kappa shape index (κ1) is 19.8. The van der Waals surface area contributed by atoms with Crippen LogP contribution in [-0.4, -0.2) is 19.6 Å². The number of hydrogen-bond acceptors (Lipinski definition) is 3. The Morgan fingerprint density at radius 2 is 1.87 bits per heavy atom. The van der Waals surface area contributed by atoms with Crippen molar-refractivity contribution in [2.24, 2.45) is 0 Å². The van der Waals surface area contributed by atoms with Gasteiger partial charge in [0.05, 0.1) is 13.4 Å². The highest BCUT2D eigenvalue weighted by molar-refractivity contribution is 6.07. The summed E-state index contributed by atoms with van der Waals surface area (Å²) >= 11 is 0. The Morgan fingerprint density at radius 1 is 1.10 bits per heavy atom. The number of benzene rings is 3. The van der Waals surface area contributed by atoms with Crippen molar-refractivity contribution in [3.05, 3.63) is 72.0 Å². The van der Waals surface area contributed by atoms with Crippen molar-refractivity contribution >= 4 is 33.2 Å². The van der Waals surface area contributed by atoms with Gasteiger partial charge in [-0.3, -0.25) is 4.79 Å². The number of aryl methyl sites for hydroxylation is 1. The SMILES string of the molecule is CCNC(=O)/C=C(\C)c1cc2c(-c3cccc4ccccc34)coc2c(C)c1OC. The van der Waals surface area contributed by atoms with Gasteiger partial charge < -0.3 is 14.5 Å². The number of hydrogen-bond donors (Lipinski definition) is 1. The second-order valence-corrected chi connectivity index (χ2v) is 7.36. The Bertz CT molecular complexity index is 1280. The number of allylic oxidation sites excluding steroid dienone is 1. The van der Waals surface area contributed by atoms with Gasteiger partial charge in [-0.25, -0.2) is 0 Å². The molecule has 0 saturated carbocycles. The number of methoxy groups -OCH3 is 1. The van der Waals surface area contributed by atoms with E-state index in [1.165, 1.54) is 10.8 Å². The predicted octanol–water partition coefficient (Wildman–Crippen LogP) is 6.11. The Labute approximate surface area is 176 Å². The van der Waals surface area contributed by atoms with Crippen LogP contribution in [0.4, 0.5) is 0 Å². The average Bonchev–Trinajstić information content (AvgIpc) is 3.17. The predicted molar refractivity (Wildman–Crippen MR) is 123 cm³/mol. The summed E-state index contributed by atoms with van der Waals surface area (Å²) in [6, 6.07) is 16.7. The zero-order valence-electron chi connectivity index (χ0n) is 17.7. The lowest BCUT2D eigenvalue weighted by molar-refractivity contribution is -0.116. The van der Waals surface area contributed by atoms with E-state index in [0.29, 0.717) is 6.54 Å². The van der Waals surface area contributed by atoms with Crippen LogP contribution in [-0.2, 0) is 4.79 Å². The molecule has 0 radical (unpaired) electrons. The third-order valence-corrected chi connectivity index (χ3v) is 5.45. The zero-order chi connectivity index (χ0) is 21.3. The van der Waals surface area contributed by atoms with Crippen LogP contribution in [0.5, 0.6) is 5.75 Å². The molecule has 4 aromatic rings. The Balaban J connectivity index is 1.97. The van der Waals surface area contributed by atoms with Crippen LogP contribution >= 0.6 is 0 Å². The number of nitrogens with one attached hydrogen (secondary N) is 1. The monoisotopic (exact) mass is 399 g/mol. The highest BCUT2D eigenvalue weighted by Crippen LogP contribution is 2.42. The lowest BCUT2D eigenvalue weighted by Crippen LogP contribution is -2.20. The first-order valence-electron chi connectivity index (χ1n) is 10.1. The Morgan fingerprint density at radius 3 is 2.63 bits per heavy atom. The molecule has 0 saturated heterocycles. The number of carbonyl (C=O) groups excluding carboxylic acids is 1. The van der Waals surface area contributed by atoms with Crippen LogP contribution in [0.1, 0.15) is 25.0 Å². The minimum absolute atomic E-state index is 0.115. The van der Waals surface area contributed by atoms with Crippen LogP contribution in [0, 0.1) is 6.92 Å². The van der Waals surface area contributed by atoms with Gasteiger partial charge in [0.2, 0.25) is 5.91 Å². The summed E-state index contributed by atoms with van der Waals surface area (Å²) in [6.07, 6.45) is 3.43. The van der Waals surface area contributed by atoms with E-state index in [1.807, 2.05) is 39.2 Å². The average molecular weight is 399 g/mol. The smallest absolute Gasteiger partial charge is 0.244 e. The first-order valence-corrected chi connectivity index (χ1v) is 10.1. The molecule has 1 heterocycles. The lowest BCUT2D eigenvalue weighted by atomic mass is 9.94. The van der Waals surface area contributed by atoms with Crippen molar-refractivity contribution < 1.29 is 13.9 Å². The van der Waals surface area contributed by atoms with Crippen LogP contribution in [0.2, 0.25) is 0 Å². The van der Waals surface area contributed by atoms with Crippen molar-refractivity contribution in [2.45, 2.75) is 20.8 Å². The summed E-state index contributed by atoms with van der Waals surface area (Å²) in [5.41, 5.74) is 5.58. The molecule has 1 aromatic heterocycles. The van der Waals surface area contributed by atoms with E-state index in [-0.39, 0.29) is 5.91 Å². The van der Waals surface area contributed by atoms with E-state index in [2.05, 4.69) is 41.7 Å². The molecule has 0 fully saturated rings. The molecule has 0 aliphatic carbocycles. The molecule has 0 unspecified atom stereocenters. The Kier molecular flexibility index (Phi) is 5.32. The van der Waals surface area contributed by atoms with Gasteiger partial charge in [0.15, 0.2) is 0 Å². The third kappa shape index (κ3) is 3.35. The summed E-state index contributed by atoms with van der Waals surface area (Å²) in [6.45, 7) is 6.40. The van der Waals surface area contributed by atoms with Crippen molar-refractivity contribution in [1.82, 2.24) is 5.32 Å². The van der Waals surface area contributed by atoms with Crippen LogP contribution in [0.15, 0.2) is 65.3 Å². The fourth-order valence-electron chi connectivity index (χ4n) is 4.04. The molecule has 0 atom stereocenters. The van der Waals surface area contributed by atoms with Gasteiger partial charge in [-0.1, -0.05) is 42.5 Å². The number of amides is 1. The van der Waals surface area contributed by atoms with Crippen molar-refractivity contribution in [3.8, 4) is 16.9 Å². The van der Waals surface area contributed by atoms with Gasteiger partial charge in [-0.05, 0) is 48.7 Å². The van der Waals surface area contributed by atoms with Crippen molar-refractivity contribution in [3.63, 3.8) is 0 Å². The largest absolute Gasteiger partial charge is 0.496 e. The molecule has 4 nitrogen and oxygen atoms in total. The van der Waals surface area contributed by atoms with E-state index >= 15 is 0 Å². The molecule has 1 amide bonds. The summed E-state index contributed by atoms with van der Waals surface area (Å²) in [5.74, 6) is 0.607. The van der Waals surface area contributed by atoms with Crippen LogP contribution in [0.3, 0.4) is 0 Å². The maximum absolute atomic E-state index is 12.1.